The van der Waals surface area contributed by atoms with E-state index in [0.717, 1.165) is 13.2 Å². The molecule has 0 aromatic rings. The van der Waals surface area contributed by atoms with E-state index in [1.807, 2.05) is 0 Å². The zero-order valence-electron chi connectivity index (χ0n) is 12.0. The van der Waals surface area contributed by atoms with Crippen LogP contribution in [0.15, 0.2) is 0 Å². The van der Waals surface area contributed by atoms with Crippen molar-refractivity contribution in [2.24, 2.45) is 0 Å². The lowest BCUT2D eigenvalue weighted by atomic mass is 9.88. The molecule has 0 heterocycles. The summed E-state index contributed by atoms with van der Waals surface area (Å²) < 4.78 is 5.26. The minimum Gasteiger partial charge on any atom is -0.383 e. The SMILES string of the molecule is CCC(C)N(CCOC)C1CCCCC1NC. The monoisotopic (exact) mass is 242 g/mol. The third-order valence-corrected chi connectivity index (χ3v) is 4.24. The van der Waals surface area contributed by atoms with Crippen LogP contribution in [0.1, 0.15) is 46.0 Å². The molecular formula is C14H30N2O. The normalized spacial score (nSPS) is 27.4. The zero-order chi connectivity index (χ0) is 12.7. The van der Waals surface area contributed by atoms with Gasteiger partial charge in [0, 0.05) is 31.8 Å². The van der Waals surface area contributed by atoms with E-state index < -0.39 is 0 Å². The number of likely N-dealkylation sites (N-methyl/N-ethyl adjacent to an activating group) is 1. The number of hydrogen-bond acceptors (Lipinski definition) is 3. The van der Waals surface area contributed by atoms with E-state index in [1.165, 1.54) is 32.1 Å². The van der Waals surface area contributed by atoms with Crippen LogP contribution in [0.25, 0.3) is 0 Å². The van der Waals surface area contributed by atoms with Crippen molar-refractivity contribution in [3.8, 4) is 0 Å². The lowest BCUT2D eigenvalue weighted by molar-refractivity contribution is 0.0553. The largest absolute Gasteiger partial charge is 0.383 e. The molecule has 17 heavy (non-hydrogen) atoms. The van der Waals surface area contributed by atoms with Crippen LogP contribution in [0.2, 0.25) is 0 Å². The third kappa shape index (κ3) is 4.23. The van der Waals surface area contributed by atoms with Gasteiger partial charge in [0.05, 0.1) is 6.61 Å². The Labute approximate surface area is 107 Å². The second-order valence-electron chi connectivity index (χ2n) is 5.23. The molecule has 1 fully saturated rings. The molecule has 1 saturated carbocycles. The van der Waals surface area contributed by atoms with Gasteiger partial charge in [-0.3, -0.25) is 4.90 Å². The van der Waals surface area contributed by atoms with Gasteiger partial charge >= 0.3 is 0 Å². The quantitative estimate of drug-likeness (QED) is 0.741. The summed E-state index contributed by atoms with van der Waals surface area (Å²) in [6, 6.07) is 2.01. The van der Waals surface area contributed by atoms with Crippen molar-refractivity contribution in [1.29, 1.82) is 0 Å². The fourth-order valence-electron chi connectivity index (χ4n) is 2.99. The molecular weight excluding hydrogens is 212 g/mol. The van der Waals surface area contributed by atoms with Gasteiger partial charge in [0.15, 0.2) is 0 Å². The van der Waals surface area contributed by atoms with Crippen molar-refractivity contribution in [3.63, 3.8) is 0 Å². The summed E-state index contributed by atoms with van der Waals surface area (Å²) in [4.78, 5) is 2.66. The fourth-order valence-corrected chi connectivity index (χ4v) is 2.99. The number of nitrogens with one attached hydrogen (secondary N) is 1. The fraction of sp³-hybridized carbons (Fsp3) is 1.00. The summed E-state index contributed by atoms with van der Waals surface area (Å²) in [5.41, 5.74) is 0. The molecule has 1 aliphatic rings. The Bertz CT molecular complexity index is 199. The predicted octanol–water partition coefficient (Wildman–Crippen LogP) is 2.26. The van der Waals surface area contributed by atoms with Gasteiger partial charge in [-0.25, -0.2) is 0 Å². The minimum absolute atomic E-state index is 0.657. The minimum atomic E-state index is 0.657. The van der Waals surface area contributed by atoms with Gasteiger partial charge in [-0.05, 0) is 33.2 Å². The van der Waals surface area contributed by atoms with E-state index in [9.17, 15) is 0 Å². The van der Waals surface area contributed by atoms with Gasteiger partial charge < -0.3 is 10.1 Å². The lowest BCUT2D eigenvalue weighted by Crippen LogP contribution is -2.54. The number of rotatable bonds is 7. The molecule has 0 aliphatic heterocycles. The lowest BCUT2D eigenvalue weighted by Gasteiger charge is -2.43. The van der Waals surface area contributed by atoms with Crippen LogP contribution in [0, 0.1) is 0 Å². The van der Waals surface area contributed by atoms with Crippen LogP contribution in [-0.2, 0) is 4.74 Å². The highest BCUT2D eigenvalue weighted by Crippen LogP contribution is 2.25. The van der Waals surface area contributed by atoms with Gasteiger partial charge in [0.25, 0.3) is 0 Å². The maximum Gasteiger partial charge on any atom is 0.0589 e. The average molecular weight is 242 g/mol. The Morgan fingerprint density at radius 2 is 2.06 bits per heavy atom. The molecule has 1 N–H and O–H groups in total. The first-order chi connectivity index (χ1) is 8.24. The summed E-state index contributed by atoms with van der Waals surface area (Å²) in [7, 11) is 3.90. The molecule has 3 unspecified atom stereocenters. The number of hydrogen-bond donors (Lipinski definition) is 1. The second kappa shape index (κ2) is 8.06. The topological polar surface area (TPSA) is 24.5 Å². The number of ether oxygens (including phenoxy) is 1. The summed E-state index contributed by atoms with van der Waals surface area (Å²) in [6.07, 6.45) is 6.63. The Balaban J connectivity index is 2.64. The highest BCUT2D eigenvalue weighted by molar-refractivity contribution is 4.89. The molecule has 0 aromatic carbocycles. The van der Waals surface area contributed by atoms with Crippen LogP contribution in [-0.4, -0.2) is 50.3 Å². The van der Waals surface area contributed by atoms with E-state index in [2.05, 4.69) is 31.1 Å². The van der Waals surface area contributed by atoms with Crippen LogP contribution < -0.4 is 5.32 Å². The van der Waals surface area contributed by atoms with Gasteiger partial charge in [0.1, 0.15) is 0 Å². The van der Waals surface area contributed by atoms with E-state index >= 15 is 0 Å². The maximum atomic E-state index is 5.26. The van der Waals surface area contributed by atoms with E-state index in [-0.39, 0.29) is 0 Å². The highest BCUT2D eigenvalue weighted by atomic mass is 16.5. The van der Waals surface area contributed by atoms with Gasteiger partial charge in [-0.15, -0.1) is 0 Å². The zero-order valence-corrected chi connectivity index (χ0v) is 12.0. The van der Waals surface area contributed by atoms with Gasteiger partial charge in [-0.2, -0.15) is 0 Å². The van der Waals surface area contributed by atoms with Crippen molar-refractivity contribution in [1.82, 2.24) is 10.2 Å². The number of methoxy groups -OCH3 is 1. The molecule has 1 rings (SSSR count). The Morgan fingerprint density at radius 3 is 2.65 bits per heavy atom. The first-order valence-electron chi connectivity index (χ1n) is 7.16. The standard InChI is InChI=1S/C14H30N2O/c1-5-12(2)16(10-11-17-4)14-9-7-6-8-13(14)15-3/h12-15H,5-11H2,1-4H3. The van der Waals surface area contributed by atoms with E-state index in [4.69, 9.17) is 4.74 Å². The molecule has 0 aromatic heterocycles. The van der Waals surface area contributed by atoms with Crippen molar-refractivity contribution in [2.45, 2.75) is 64.1 Å². The molecule has 3 heteroatoms. The molecule has 3 nitrogen and oxygen atoms in total. The van der Waals surface area contributed by atoms with Gasteiger partial charge in [-0.1, -0.05) is 19.8 Å². The molecule has 0 spiro atoms. The van der Waals surface area contributed by atoms with Crippen LogP contribution in [0.3, 0.4) is 0 Å². The van der Waals surface area contributed by atoms with E-state index in [0.29, 0.717) is 18.1 Å². The molecule has 0 radical (unpaired) electrons. The first kappa shape index (κ1) is 14.9. The smallest absolute Gasteiger partial charge is 0.0589 e. The van der Waals surface area contributed by atoms with Crippen LogP contribution >= 0.6 is 0 Å². The Morgan fingerprint density at radius 1 is 1.35 bits per heavy atom. The second-order valence-corrected chi connectivity index (χ2v) is 5.23. The summed E-state index contributed by atoms with van der Waals surface area (Å²) >= 11 is 0. The van der Waals surface area contributed by atoms with Crippen molar-refractivity contribution in [3.05, 3.63) is 0 Å². The molecule has 0 bridgehead atoms. The highest BCUT2D eigenvalue weighted by Gasteiger charge is 2.30. The summed E-state index contributed by atoms with van der Waals surface area (Å²) in [6.45, 7) is 6.53. The average Bonchev–Trinajstić information content (AvgIpc) is 2.39. The Kier molecular flexibility index (Phi) is 7.09. The molecule has 3 atom stereocenters. The number of nitrogens with zero attached hydrogens (tertiary/aromatic N) is 1. The van der Waals surface area contributed by atoms with Gasteiger partial charge in [0.2, 0.25) is 0 Å². The molecule has 1 aliphatic carbocycles. The summed E-state index contributed by atoms with van der Waals surface area (Å²) in [5, 5.41) is 3.51. The van der Waals surface area contributed by atoms with Crippen LogP contribution in [0.5, 0.6) is 0 Å². The van der Waals surface area contributed by atoms with Crippen molar-refractivity contribution < 1.29 is 4.74 Å². The van der Waals surface area contributed by atoms with E-state index in [1.54, 1.807) is 7.11 Å². The van der Waals surface area contributed by atoms with Crippen LogP contribution in [0.4, 0.5) is 0 Å². The summed E-state index contributed by atoms with van der Waals surface area (Å²) in [5.74, 6) is 0. The Hall–Kier alpha value is -0.120. The molecule has 0 amide bonds. The molecule has 102 valence electrons. The maximum absolute atomic E-state index is 5.26. The third-order valence-electron chi connectivity index (χ3n) is 4.24. The first-order valence-corrected chi connectivity index (χ1v) is 7.16. The molecule has 0 saturated heterocycles. The predicted molar refractivity (Wildman–Crippen MR) is 73.4 cm³/mol. The van der Waals surface area contributed by atoms with Crippen molar-refractivity contribution >= 4 is 0 Å². The van der Waals surface area contributed by atoms with Crippen molar-refractivity contribution in [2.75, 3.05) is 27.3 Å².